The average Bonchev–Trinajstić information content (AvgIpc) is 3.26. The molecule has 6 nitrogen and oxygen atoms in total. The van der Waals surface area contributed by atoms with Gasteiger partial charge >= 0.3 is 6.18 Å². The van der Waals surface area contributed by atoms with E-state index >= 15 is 0 Å². The molecule has 3 rings (SSSR count). The minimum atomic E-state index is -4.41. The van der Waals surface area contributed by atoms with Crippen LogP contribution in [0.15, 0.2) is 30.5 Å². The van der Waals surface area contributed by atoms with Crippen LogP contribution < -0.4 is 0 Å². The number of ether oxygens (including phenoxy) is 1. The van der Waals surface area contributed by atoms with E-state index in [1.807, 2.05) is 0 Å². The molecule has 140 valence electrons. The molecule has 1 aromatic heterocycles. The van der Waals surface area contributed by atoms with Gasteiger partial charge in [0.2, 0.25) is 0 Å². The number of carbonyl (C=O) groups is 1. The van der Waals surface area contributed by atoms with Gasteiger partial charge in [-0.2, -0.15) is 13.2 Å². The lowest BCUT2D eigenvalue weighted by atomic mass is 10.1. The van der Waals surface area contributed by atoms with Crippen molar-refractivity contribution in [3.05, 3.63) is 47.3 Å². The maximum absolute atomic E-state index is 12.8. The lowest BCUT2D eigenvalue weighted by Gasteiger charge is -2.16. The van der Waals surface area contributed by atoms with Crippen molar-refractivity contribution in [1.29, 1.82) is 0 Å². The smallest absolute Gasteiger partial charge is 0.376 e. The molecule has 0 aliphatic carbocycles. The highest BCUT2D eigenvalue weighted by molar-refractivity contribution is 5.91. The fourth-order valence-electron chi connectivity index (χ4n) is 2.87. The van der Waals surface area contributed by atoms with Crippen molar-refractivity contribution in [3.63, 3.8) is 0 Å². The third kappa shape index (κ3) is 4.40. The Bertz CT molecular complexity index is 769. The second kappa shape index (κ2) is 7.45. The van der Waals surface area contributed by atoms with Crippen LogP contribution in [0.4, 0.5) is 13.2 Å². The van der Waals surface area contributed by atoms with Crippen LogP contribution in [-0.4, -0.2) is 45.6 Å². The molecule has 1 saturated heterocycles. The van der Waals surface area contributed by atoms with Crippen molar-refractivity contribution < 1.29 is 22.7 Å². The molecular formula is C17H19F3N4O2. The zero-order chi connectivity index (χ0) is 18.7. The summed E-state index contributed by atoms with van der Waals surface area (Å²) in [5.74, 6) is -0.402. The topological polar surface area (TPSA) is 60.2 Å². The molecule has 0 spiro atoms. The summed E-state index contributed by atoms with van der Waals surface area (Å²) in [6.07, 6.45) is -0.859. The molecule has 0 saturated carbocycles. The van der Waals surface area contributed by atoms with Gasteiger partial charge in [-0.05, 0) is 30.5 Å². The monoisotopic (exact) mass is 368 g/mol. The highest BCUT2D eigenvalue weighted by Gasteiger charge is 2.30. The van der Waals surface area contributed by atoms with Crippen LogP contribution >= 0.6 is 0 Å². The Morgan fingerprint density at radius 1 is 1.42 bits per heavy atom. The summed E-state index contributed by atoms with van der Waals surface area (Å²) in [7, 11) is 1.52. The van der Waals surface area contributed by atoms with E-state index in [2.05, 4.69) is 10.3 Å². The number of nitrogens with zero attached hydrogens (tertiary/aromatic N) is 4. The molecule has 1 fully saturated rings. The molecule has 2 heterocycles. The fraction of sp³-hybridized carbons (Fsp3) is 0.471. The van der Waals surface area contributed by atoms with E-state index in [0.717, 1.165) is 31.6 Å². The number of halogens is 3. The predicted molar refractivity (Wildman–Crippen MR) is 86.2 cm³/mol. The van der Waals surface area contributed by atoms with Gasteiger partial charge < -0.3 is 9.64 Å². The summed E-state index contributed by atoms with van der Waals surface area (Å²) in [4.78, 5) is 13.8. The number of amides is 1. The van der Waals surface area contributed by atoms with Crippen LogP contribution in [0.1, 0.15) is 34.5 Å². The Labute approximate surface area is 148 Å². The van der Waals surface area contributed by atoms with Gasteiger partial charge in [-0.1, -0.05) is 17.3 Å². The van der Waals surface area contributed by atoms with Gasteiger partial charge in [0.15, 0.2) is 5.69 Å². The second-order valence-electron chi connectivity index (χ2n) is 6.32. The van der Waals surface area contributed by atoms with Gasteiger partial charge in [-0.25, -0.2) is 4.68 Å². The third-order valence-corrected chi connectivity index (χ3v) is 4.19. The van der Waals surface area contributed by atoms with Crippen LogP contribution in [0.2, 0.25) is 0 Å². The van der Waals surface area contributed by atoms with Crippen molar-refractivity contribution in [1.82, 2.24) is 19.9 Å². The molecule has 0 unspecified atom stereocenters. The van der Waals surface area contributed by atoms with E-state index in [-0.39, 0.29) is 18.3 Å². The van der Waals surface area contributed by atoms with E-state index in [4.69, 9.17) is 4.74 Å². The number of hydrogen-bond donors (Lipinski definition) is 0. The van der Waals surface area contributed by atoms with Crippen LogP contribution in [-0.2, 0) is 24.0 Å². The summed E-state index contributed by atoms with van der Waals surface area (Å²) >= 11 is 0. The van der Waals surface area contributed by atoms with Crippen LogP contribution in [0.25, 0.3) is 0 Å². The molecule has 1 atom stereocenters. The van der Waals surface area contributed by atoms with E-state index in [0.29, 0.717) is 12.1 Å². The largest absolute Gasteiger partial charge is 0.416 e. The van der Waals surface area contributed by atoms with E-state index in [1.54, 1.807) is 10.7 Å². The Hall–Kier alpha value is -2.42. The molecule has 1 aromatic carbocycles. The lowest BCUT2D eigenvalue weighted by molar-refractivity contribution is -0.137. The first-order valence-corrected chi connectivity index (χ1v) is 8.26. The third-order valence-electron chi connectivity index (χ3n) is 4.19. The molecule has 0 radical (unpaired) electrons. The van der Waals surface area contributed by atoms with Crippen molar-refractivity contribution in [3.8, 4) is 0 Å². The Kier molecular flexibility index (Phi) is 5.26. The number of carbonyl (C=O) groups excluding carboxylic acids is 1. The average molecular weight is 368 g/mol. The zero-order valence-electron chi connectivity index (χ0n) is 14.2. The molecule has 0 N–H and O–H groups in total. The summed E-state index contributed by atoms with van der Waals surface area (Å²) in [6, 6.07) is 4.92. The minimum Gasteiger partial charge on any atom is -0.376 e. The SMILES string of the molecule is CN(Cc1cccc(C(F)(F)F)c1)C(=O)c1cn(C[C@H]2CCCO2)nn1. The zero-order valence-corrected chi connectivity index (χ0v) is 14.2. The molecule has 1 aliphatic heterocycles. The van der Waals surface area contributed by atoms with Crippen LogP contribution in [0.3, 0.4) is 0 Å². The van der Waals surface area contributed by atoms with E-state index in [9.17, 15) is 18.0 Å². The van der Waals surface area contributed by atoms with Gasteiger partial charge in [-0.3, -0.25) is 4.79 Å². The van der Waals surface area contributed by atoms with Crippen molar-refractivity contribution in [2.45, 2.75) is 38.2 Å². The molecular weight excluding hydrogens is 349 g/mol. The maximum atomic E-state index is 12.8. The molecule has 26 heavy (non-hydrogen) atoms. The highest BCUT2D eigenvalue weighted by atomic mass is 19.4. The van der Waals surface area contributed by atoms with E-state index < -0.39 is 17.6 Å². The first-order valence-electron chi connectivity index (χ1n) is 8.26. The Morgan fingerprint density at radius 2 is 2.23 bits per heavy atom. The number of rotatable bonds is 5. The number of benzene rings is 1. The van der Waals surface area contributed by atoms with Crippen molar-refractivity contribution >= 4 is 5.91 Å². The summed E-state index contributed by atoms with van der Waals surface area (Å²) in [6.45, 7) is 1.30. The minimum absolute atomic E-state index is 0.0430. The Balaban J connectivity index is 1.63. The van der Waals surface area contributed by atoms with Gasteiger partial charge in [-0.15, -0.1) is 5.10 Å². The number of hydrogen-bond acceptors (Lipinski definition) is 4. The summed E-state index contributed by atoms with van der Waals surface area (Å²) in [5, 5.41) is 7.79. The second-order valence-corrected chi connectivity index (χ2v) is 6.32. The first kappa shape index (κ1) is 18.4. The standard InChI is InChI=1S/C17H19F3N4O2/c1-23(9-12-4-2-5-13(8-12)17(18,19)20)16(25)15-11-24(22-21-15)10-14-6-3-7-26-14/h2,4-5,8,11,14H,3,6-7,9-10H2,1H3/t14-/m1/s1. The maximum Gasteiger partial charge on any atom is 0.416 e. The van der Waals surface area contributed by atoms with Crippen molar-refractivity contribution in [2.75, 3.05) is 13.7 Å². The molecule has 1 aliphatic rings. The lowest BCUT2D eigenvalue weighted by Crippen LogP contribution is -2.26. The first-order chi connectivity index (χ1) is 12.3. The van der Waals surface area contributed by atoms with Crippen LogP contribution in [0, 0.1) is 0 Å². The molecule has 0 bridgehead atoms. The van der Waals surface area contributed by atoms with E-state index in [1.165, 1.54) is 24.2 Å². The Morgan fingerprint density at radius 3 is 2.92 bits per heavy atom. The summed E-state index contributed by atoms with van der Waals surface area (Å²) in [5.41, 5.74) is -0.196. The summed E-state index contributed by atoms with van der Waals surface area (Å²) < 4.78 is 45.4. The quantitative estimate of drug-likeness (QED) is 0.814. The normalized spacial score (nSPS) is 17.5. The van der Waals surface area contributed by atoms with Gasteiger partial charge in [0, 0.05) is 20.2 Å². The molecule has 9 heteroatoms. The van der Waals surface area contributed by atoms with Gasteiger partial charge in [0.05, 0.1) is 24.4 Å². The van der Waals surface area contributed by atoms with Gasteiger partial charge in [0.1, 0.15) is 0 Å². The fourth-order valence-corrected chi connectivity index (χ4v) is 2.87. The molecule has 2 aromatic rings. The van der Waals surface area contributed by atoms with Gasteiger partial charge in [0.25, 0.3) is 5.91 Å². The van der Waals surface area contributed by atoms with Crippen molar-refractivity contribution in [2.24, 2.45) is 0 Å². The number of aromatic nitrogens is 3. The highest BCUT2D eigenvalue weighted by Crippen LogP contribution is 2.29. The molecule has 1 amide bonds. The van der Waals surface area contributed by atoms with Crippen LogP contribution in [0.5, 0.6) is 0 Å². The predicted octanol–water partition coefficient (Wildman–Crippen LogP) is 2.75. The number of alkyl halides is 3.